The van der Waals surface area contributed by atoms with E-state index in [0.717, 1.165) is 29.7 Å². The molecule has 6 nitrogen and oxygen atoms in total. The van der Waals surface area contributed by atoms with E-state index >= 15 is 0 Å². The molecular formula is C19H17Cl2N5O. The molecule has 0 unspecified atom stereocenters. The zero-order chi connectivity index (χ0) is 16.8. The van der Waals surface area contributed by atoms with Crippen molar-refractivity contribution in [2.75, 3.05) is 0 Å². The normalized spacial score (nSPS) is 16.6. The average Bonchev–Trinajstić information content (AvgIpc) is 3.33. The minimum absolute atomic E-state index is 0. The second kappa shape index (κ2) is 7.42. The highest BCUT2D eigenvalue weighted by Gasteiger charge is 2.28. The van der Waals surface area contributed by atoms with Gasteiger partial charge in [-0.1, -0.05) is 24.3 Å². The van der Waals surface area contributed by atoms with E-state index in [1.165, 1.54) is 11.1 Å². The van der Waals surface area contributed by atoms with Gasteiger partial charge < -0.3 is 9.88 Å². The van der Waals surface area contributed by atoms with E-state index in [9.17, 15) is 4.79 Å². The van der Waals surface area contributed by atoms with E-state index in [4.69, 9.17) is 0 Å². The van der Waals surface area contributed by atoms with E-state index < -0.39 is 0 Å². The summed E-state index contributed by atoms with van der Waals surface area (Å²) in [5.74, 6) is 0.439. The van der Waals surface area contributed by atoms with E-state index in [1.54, 1.807) is 12.3 Å². The predicted molar refractivity (Wildman–Crippen MR) is 110 cm³/mol. The molecular weight excluding hydrogens is 385 g/mol. The summed E-state index contributed by atoms with van der Waals surface area (Å²) in [7, 11) is 0. The molecule has 1 amide bonds. The van der Waals surface area contributed by atoms with Crippen LogP contribution in [0.5, 0.6) is 0 Å². The zero-order valence-electron chi connectivity index (χ0n) is 14.2. The number of halogens is 2. The number of pyridine rings is 1. The van der Waals surface area contributed by atoms with Gasteiger partial charge in [-0.15, -0.1) is 24.8 Å². The van der Waals surface area contributed by atoms with Gasteiger partial charge in [-0.2, -0.15) is 0 Å². The molecule has 0 saturated carbocycles. The fourth-order valence-electron chi connectivity index (χ4n) is 3.33. The number of hydrogen-bond donors (Lipinski definition) is 2. The van der Waals surface area contributed by atoms with Crippen LogP contribution in [0.3, 0.4) is 0 Å². The van der Waals surface area contributed by atoms with Gasteiger partial charge in [0.05, 0.1) is 0 Å². The van der Waals surface area contributed by atoms with Crippen molar-refractivity contribution in [2.45, 2.75) is 13.1 Å². The molecule has 1 aromatic carbocycles. The van der Waals surface area contributed by atoms with Crippen LogP contribution in [-0.2, 0) is 17.9 Å². The Morgan fingerprint density at radius 1 is 1.04 bits per heavy atom. The lowest BCUT2D eigenvalue weighted by Gasteiger charge is -2.15. The molecule has 0 spiro atoms. The smallest absolute Gasteiger partial charge is 0.276 e. The maximum atomic E-state index is 12.3. The first-order valence-corrected chi connectivity index (χ1v) is 8.13. The SMILES string of the molecule is Cl.Cl.O=C1NC(N2Cc3ccccc3C2)=NC1=Cc1c[nH]c2ncccc12. The van der Waals surface area contributed by atoms with Crippen molar-refractivity contribution < 1.29 is 4.79 Å². The summed E-state index contributed by atoms with van der Waals surface area (Å²) in [4.78, 5) is 26.3. The average molecular weight is 402 g/mol. The molecule has 5 rings (SSSR count). The maximum Gasteiger partial charge on any atom is 0.276 e. The standard InChI is InChI=1S/C19H15N5O.2ClH/c25-18-16(8-14-9-21-17-15(14)6-3-7-20-17)22-19(23-18)24-10-12-4-1-2-5-13(12)11-24;;/h1-9H,10-11H2,(H,20,21)(H,22,23,25);2*1H. The van der Waals surface area contributed by atoms with Crippen molar-refractivity contribution in [3.8, 4) is 0 Å². The molecule has 27 heavy (non-hydrogen) atoms. The molecule has 2 N–H and O–H groups in total. The van der Waals surface area contributed by atoms with Gasteiger partial charge in [-0.05, 0) is 29.3 Å². The quantitative estimate of drug-likeness (QED) is 0.614. The molecule has 4 heterocycles. The third kappa shape index (κ3) is 3.29. The molecule has 0 fully saturated rings. The van der Waals surface area contributed by atoms with Crippen molar-refractivity contribution in [1.82, 2.24) is 20.2 Å². The Kier molecular flexibility index (Phi) is 5.21. The van der Waals surface area contributed by atoms with Gasteiger partial charge in [0.1, 0.15) is 11.3 Å². The van der Waals surface area contributed by atoms with Gasteiger partial charge in [-0.25, -0.2) is 9.98 Å². The van der Waals surface area contributed by atoms with Crippen molar-refractivity contribution in [3.05, 3.63) is 71.2 Å². The van der Waals surface area contributed by atoms with Gasteiger partial charge in [0.15, 0.2) is 0 Å². The number of guanidine groups is 1. The van der Waals surface area contributed by atoms with Gasteiger partial charge in [-0.3, -0.25) is 10.1 Å². The molecule has 0 bridgehead atoms. The zero-order valence-corrected chi connectivity index (χ0v) is 15.8. The Morgan fingerprint density at radius 3 is 2.52 bits per heavy atom. The van der Waals surface area contributed by atoms with Crippen LogP contribution in [0.15, 0.2) is 59.5 Å². The van der Waals surface area contributed by atoms with E-state index in [-0.39, 0.29) is 30.7 Å². The first-order valence-electron chi connectivity index (χ1n) is 8.13. The number of H-pyrrole nitrogens is 1. The number of aromatic nitrogens is 2. The lowest BCUT2D eigenvalue weighted by atomic mass is 10.1. The van der Waals surface area contributed by atoms with E-state index in [1.807, 2.05) is 30.5 Å². The monoisotopic (exact) mass is 401 g/mol. The molecule has 0 atom stereocenters. The maximum absolute atomic E-state index is 12.3. The topological polar surface area (TPSA) is 73.4 Å². The molecule has 138 valence electrons. The van der Waals surface area contributed by atoms with Crippen LogP contribution in [0, 0.1) is 0 Å². The largest absolute Gasteiger partial charge is 0.346 e. The number of carbonyl (C=O) groups is 1. The minimum Gasteiger partial charge on any atom is -0.346 e. The number of amides is 1. The summed E-state index contributed by atoms with van der Waals surface area (Å²) in [6.45, 7) is 1.53. The first kappa shape index (κ1) is 18.9. The summed E-state index contributed by atoms with van der Waals surface area (Å²) in [6, 6.07) is 12.1. The number of benzene rings is 1. The van der Waals surface area contributed by atoms with Gasteiger partial charge in [0.2, 0.25) is 5.96 Å². The Balaban J connectivity index is 0.00000105. The van der Waals surface area contributed by atoms with Gasteiger partial charge >= 0.3 is 0 Å². The van der Waals surface area contributed by atoms with Crippen molar-refractivity contribution in [2.24, 2.45) is 4.99 Å². The summed E-state index contributed by atoms with van der Waals surface area (Å²) in [5.41, 5.74) is 4.67. The minimum atomic E-state index is -0.177. The van der Waals surface area contributed by atoms with Crippen LogP contribution >= 0.6 is 24.8 Å². The first-order chi connectivity index (χ1) is 12.3. The molecule has 2 aliphatic rings. The summed E-state index contributed by atoms with van der Waals surface area (Å²) in [5, 5.41) is 3.86. The molecule has 2 aliphatic heterocycles. The van der Waals surface area contributed by atoms with Crippen molar-refractivity contribution in [3.63, 3.8) is 0 Å². The number of rotatable bonds is 1. The number of aliphatic imine (C=N–C) groups is 1. The van der Waals surface area contributed by atoms with Crippen LogP contribution in [0.2, 0.25) is 0 Å². The second-order valence-electron chi connectivity index (χ2n) is 6.19. The van der Waals surface area contributed by atoms with Crippen LogP contribution in [-0.4, -0.2) is 26.7 Å². The van der Waals surface area contributed by atoms with E-state index in [2.05, 4.69) is 37.3 Å². The predicted octanol–water partition coefficient (Wildman–Crippen LogP) is 3.25. The third-order valence-electron chi connectivity index (χ3n) is 4.60. The Morgan fingerprint density at radius 2 is 1.78 bits per heavy atom. The molecule has 0 saturated heterocycles. The van der Waals surface area contributed by atoms with E-state index in [0.29, 0.717) is 11.7 Å². The fraction of sp³-hybridized carbons (Fsp3) is 0.105. The highest BCUT2D eigenvalue weighted by Crippen LogP contribution is 2.25. The number of hydrogen-bond acceptors (Lipinski definition) is 4. The molecule has 2 aromatic heterocycles. The second-order valence-corrected chi connectivity index (χ2v) is 6.19. The Labute approximate surface area is 168 Å². The lowest BCUT2D eigenvalue weighted by molar-refractivity contribution is -0.115. The van der Waals surface area contributed by atoms with Crippen molar-refractivity contribution in [1.29, 1.82) is 0 Å². The van der Waals surface area contributed by atoms with Crippen LogP contribution in [0.25, 0.3) is 17.1 Å². The summed E-state index contributed by atoms with van der Waals surface area (Å²) < 4.78 is 0. The number of nitrogens with one attached hydrogen (secondary N) is 2. The fourth-order valence-corrected chi connectivity index (χ4v) is 3.33. The van der Waals surface area contributed by atoms with Gasteiger partial charge in [0, 0.05) is 36.4 Å². The Hall–Kier alpha value is -2.83. The number of carbonyl (C=O) groups excluding carboxylic acids is 1. The molecule has 3 aromatic rings. The molecule has 0 aliphatic carbocycles. The summed E-state index contributed by atoms with van der Waals surface area (Å²) in [6.07, 6.45) is 5.38. The highest BCUT2D eigenvalue weighted by atomic mass is 35.5. The van der Waals surface area contributed by atoms with Crippen molar-refractivity contribution >= 4 is 53.8 Å². The lowest BCUT2D eigenvalue weighted by Crippen LogP contribution is -2.37. The summed E-state index contributed by atoms with van der Waals surface area (Å²) >= 11 is 0. The number of nitrogens with zero attached hydrogens (tertiary/aromatic N) is 3. The third-order valence-corrected chi connectivity index (χ3v) is 4.60. The van der Waals surface area contributed by atoms with Gasteiger partial charge in [0.25, 0.3) is 5.91 Å². The van der Waals surface area contributed by atoms with Crippen LogP contribution in [0.4, 0.5) is 0 Å². The highest BCUT2D eigenvalue weighted by molar-refractivity contribution is 6.14. The Bertz CT molecular complexity index is 1050. The number of fused-ring (bicyclic) bond motifs is 2. The molecule has 8 heteroatoms. The molecule has 0 radical (unpaired) electrons. The van der Waals surface area contributed by atoms with Crippen LogP contribution in [0.1, 0.15) is 16.7 Å². The van der Waals surface area contributed by atoms with Crippen LogP contribution < -0.4 is 5.32 Å². The number of aromatic amines is 1.